The summed E-state index contributed by atoms with van der Waals surface area (Å²) in [7, 11) is 0. The Morgan fingerprint density at radius 2 is 2.04 bits per heavy atom. The van der Waals surface area contributed by atoms with Crippen LogP contribution in [0.3, 0.4) is 0 Å². The third-order valence-electron chi connectivity index (χ3n) is 5.72. The number of H-pyrrole nitrogens is 1. The highest BCUT2D eigenvalue weighted by Gasteiger charge is 2.55. The maximum atomic E-state index is 13.8. The molecule has 0 aliphatic carbocycles. The van der Waals surface area contributed by atoms with Gasteiger partial charge in [0.05, 0.1) is 5.69 Å². The third kappa shape index (κ3) is 2.23. The van der Waals surface area contributed by atoms with E-state index in [-0.39, 0.29) is 5.91 Å². The van der Waals surface area contributed by atoms with Crippen LogP contribution in [0.15, 0.2) is 42.5 Å². The molecule has 0 bridgehead atoms. The molecule has 1 atom stereocenters. The molecule has 1 amide bonds. The van der Waals surface area contributed by atoms with Crippen molar-refractivity contribution >= 4 is 34.1 Å². The van der Waals surface area contributed by atoms with Crippen LogP contribution in [0.25, 0.3) is 10.9 Å². The first kappa shape index (κ1) is 16.8. The number of aromatic amines is 1. The third-order valence-corrected chi connectivity index (χ3v) is 5.96. The van der Waals surface area contributed by atoms with Crippen molar-refractivity contribution < 1.29 is 4.79 Å². The number of rotatable bonds is 2. The second kappa shape index (κ2) is 5.85. The van der Waals surface area contributed by atoms with Crippen molar-refractivity contribution in [2.24, 2.45) is 5.92 Å². The van der Waals surface area contributed by atoms with Gasteiger partial charge in [-0.15, -0.1) is 0 Å². The molecule has 5 rings (SSSR count). The number of hydrogen-bond donors (Lipinski definition) is 2. The van der Waals surface area contributed by atoms with Crippen molar-refractivity contribution in [2.75, 3.05) is 18.0 Å². The molecule has 3 heterocycles. The van der Waals surface area contributed by atoms with E-state index in [2.05, 4.69) is 36.3 Å². The van der Waals surface area contributed by atoms with Crippen molar-refractivity contribution in [3.8, 4) is 0 Å². The first-order valence-electron chi connectivity index (χ1n) is 9.49. The standard InChI is InChI=1S/C22H22ClN3O/c1-13(2)12-26-19-6-4-3-5-17(19)22(21(26)27)20-15(9-10-24-22)16-11-14(23)7-8-18(16)25-20/h3-8,11,13,24-25H,9-10,12H2,1-2H3/t22-/m0/s1. The van der Waals surface area contributed by atoms with Gasteiger partial charge in [0.1, 0.15) is 0 Å². The number of nitrogens with one attached hydrogen (secondary N) is 2. The molecule has 0 saturated heterocycles. The minimum Gasteiger partial charge on any atom is -0.356 e. The van der Waals surface area contributed by atoms with Crippen molar-refractivity contribution in [3.05, 3.63) is 64.3 Å². The van der Waals surface area contributed by atoms with E-state index in [0.29, 0.717) is 12.5 Å². The molecule has 2 aliphatic rings. The van der Waals surface area contributed by atoms with Gasteiger partial charge in [0.15, 0.2) is 5.54 Å². The second-order valence-electron chi connectivity index (χ2n) is 7.92. The molecule has 0 saturated carbocycles. The highest BCUT2D eigenvalue weighted by atomic mass is 35.5. The van der Waals surface area contributed by atoms with Crippen LogP contribution in [0.1, 0.15) is 30.7 Å². The van der Waals surface area contributed by atoms with E-state index in [0.717, 1.165) is 45.8 Å². The average molecular weight is 380 g/mol. The zero-order chi connectivity index (χ0) is 18.8. The fraction of sp³-hybridized carbons (Fsp3) is 0.318. The quantitative estimate of drug-likeness (QED) is 0.700. The largest absolute Gasteiger partial charge is 0.356 e. The average Bonchev–Trinajstić information content (AvgIpc) is 3.13. The van der Waals surface area contributed by atoms with Gasteiger partial charge < -0.3 is 9.88 Å². The molecular weight excluding hydrogens is 358 g/mol. The molecule has 2 N–H and O–H groups in total. The van der Waals surface area contributed by atoms with E-state index in [9.17, 15) is 4.79 Å². The first-order valence-corrected chi connectivity index (χ1v) is 9.87. The van der Waals surface area contributed by atoms with Crippen LogP contribution in [0.4, 0.5) is 5.69 Å². The highest BCUT2D eigenvalue weighted by Crippen LogP contribution is 2.48. The maximum absolute atomic E-state index is 13.8. The smallest absolute Gasteiger partial charge is 0.258 e. The zero-order valence-electron chi connectivity index (χ0n) is 15.5. The Kier molecular flexibility index (Phi) is 3.65. The molecule has 27 heavy (non-hydrogen) atoms. The minimum absolute atomic E-state index is 0.107. The number of benzene rings is 2. The molecule has 3 aromatic rings. The molecule has 1 spiro atoms. The number of hydrogen-bond acceptors (Lipinski definition) is 2. The van der Waals surface area contributed by atoms with Gasteiger partial charge in [-0.1, -0.05) is 43.6 Å². The van der Waals surface area contributed by atoms with Gasteiger partial charge in [0.2, 0.25) is 0 Å². The van der Waals surface area contributed by atoms with Gasteiger partial charge in [-0.3, -0.25) is 10.1 Å². The lowest BCUT2D eigenvalue weighted by Crippen LogP contribution is -2.55. The number of para-hydroxylation sites is 1. The van der Waals surface area contributed by atoms with Crippen LogP contribution >= 0.6 is 11.6 Å². The van der Waals surface area contributed by atoms with Gasteiger partial charge in [0.25, 0.3) is 5.91 Å². The summed E-state index contributed by atoms with van der Waals surface area (Å²) in [4.78, 5) is 19.3. The van der Waals surface area contributed by atoms with E-state index < -0.39 is 5.54 Å². The molecule has 0 fully saturated rings. The van der Waals surface area contributed by atoms with Crippen molar-refractivity contribution in [3.63, 3.8) is 0 Å². The molecule has 0 radical (unpaired) electrons. The van der Waals surface area contributed by atoms with Crippen molar-refractivity contribution in [2.45, 2.75) is 25.8 Å². The van der Waals surface area contributed by atoms with Gasteiger partial charge in [-0.25, -0.2) is 0 Å². The summed E-state index contributed by atoms with van der Waals surface area (Å²) >= 11 is 6.25. The lowest BCUT2D eigenvalue weighted by atomic mass is 9.82. The van der Waals surface area contributed by atoms with Crippen LogP contribution in [0, 0.1) is 5.92 Å². The topological polar surface area (TPSA) is 48.1 Å². The summed E-state index contributed by atoms with van der Waals surface area (Å²) in [5.41, 5.74) is 4.39. The molecule has 0 unspecified atom stereocenters. The molecular formula is C22H22ClN3O. The van der Waals surface area contributed by atoms with Crippen molar-refractivity contribution in [1.29, 1.82) is 0 Å². The van der Waals surface area contributed by atoms with E-state index in [1.807, 2.05) is 35.2 Å². The Bertz CT molecular complexity index is 1070. The number of nitrogens with zero attached hydrogens (tertiary/aromatic N) is 1. The molecule has 138 valence electrons. The Morgan fingerprint density at radius 1 is 1.22 bits per heavy atom. The van der Waals surface area contributed by atoms with E-state index in [4.69, 9.17) is 11.6 Å². The van der Waals surface area contributed by atoms with Gasteiger partial charge >= 0.3 is 0 Å². The lowest BCUT2D eigenvalue weighted by Gasteiger charge is -2.34. The molecule has 4 nitrogen and oxygen atoms in total. The van der Waals surface area contributed by atoms with Crippen LogP contribution in [-0.2, 0) is 16.8 Å². The minimum atomic E-state index is -0.843. The van der Waals surface area contributed by atoms with Gasteiger partial charge in [-0.05, 0) is 42.2 Å². The second-order valence-corrected chi connectivity index (χ2v) is 8.36. The summed E-state index contributed by atoms with van der Waals surface area (Å²) in [6, 6.07) is 14.0. The normalized spacial score (nSPS) is 21.3. The number of amides is 1. The highest BCUT2D eigenvalue weighted by molar-refractivity contribution is 6.31. The molecule has 1 aromatic heterocycles. The molecule has 2 aliphatic heterocycles. The monoisotopic (exact) mass is 379 g/mol. The van der Waals surface area contributed by atoms with Gasteiger partial charge in [-0.2, -0.15) is 0 Å². The zero-order valence-corrected chi connectivity index (χ0v) is 16.2. The number of anilines is 1. The van der Waals surface area contributed by atoms with Crippen LogP contribution < -0.4 is 10.2 Å². The first-order chi connectivity index (χ1) is 13.0. The van der Waals surface area contributed by atoms with E-state index >= 15 is 0 Å². The summed E-state index contributed by atoms with van der Waals surface area (Å²) in [6.45, 7) is 5.75. The number of carbonyl (C=O) groups is 1. The summed E-state index contributed by atoms with van der Waals surface area (Å²) in [5, 5.41) is 5.42. The fourth-order valence-corrected chi connectivity index (χ4v) is 4.85. The predicted molar refractivity (Wildman–Crippen MR) is 109 cm³/mol. The van der Waals surface area contributed by atoms with Crippen LogP contribution in [0.5, 0.6) is 0 Å². The summed E-state index contributed by atoms with van der Waals surface area (Å²) in [6.07, 6.45) is 0.872. The number of fused-ring (bicyclic) bond motifs is 6. The summed E-state index contributed by atoms with van der Waals surface area (Å²) < 4.78 is 0. The number of carbonyl (C=O) groups excluding carboxylic acids is 1. The maximum Gasteiger partial charge on any atom is 0.258 e. The van der Waals surface area contributed by atoms with E-state index in [1.165, 1.54) is 5.56 Å². The number of aromatic nitrogens is 1. The Labute approximate surface area is 163 Å². The fourth-order valence-electron chi connectivity index (χ4n) is 4.68. The molecule has 2 aromatic carbocycles. The predicted octanol–water partition coefficient (Wildman–Crippen LogP) is 4.21. The van der Waals surface area contributed by atoms with Crippen LogP contribution in [0.2, 0.25) is 5.02 Å². The van der Waals surface area contributed by atoms with E-state index in [1.54, 1.807) is 0 Å². The Morgan fingerprint density at radius 3 is 2.85 bits per heavy atom. The molecule has 5 heteroatoms. The summed E-state index contributed by atoms with van der Waals surface area (Å²) in [5.74, 6) is 0.498. The van der Waals surface area contributed by atoms with Gasteiger partial charge in [0, 0.05) is 40.3 Å². The van der Waals surface area contributed by atoms with Crippen LogP contribution in [-0.4, -0.2) is 24.0 Å². The lowest BCUT2D eigenvalue weighted by molar-refractivity contribution is -0.123. The van der Waals surface area contributed by atoms with Crippen molar-refractivity contribution in [1.82, 2.24) is 10.3 Å². The Balaban J connectivity index is 1.79. The number of halogens is 1. The Hall–Kier alpha value is -2.30. The SMILES string of the molecule is CC(C)CN1C(=O)[C@]2(NCCc3c2[nH]c2ccc(Cl)cc32)c2ccccc21.